The predicted octanol–water partition coefficient (Wildman–Crippen LogP) is 3.29. The molecular weight excluding hydrogens is 324 g/mol. The van der Waals surface area contributed by atoms with Crippen molar-refractivity contribution in [3.05, 3.63) is 71.8 Å². The summed E-state index contributed by atoms with van der Waals surface area (Å²) in [6, 6.07) is 19.4. The number of hydrogen-bond donors (Lipinski definition) is 2. The van der Waals surface area contributed by atoms with Gasteiger partial charge in [0.25, 0.3) is 0 Å². The lowest BCUT2D eigenvalue weighted by Crippen LogP contribution is -2.45. The van der Waals surface area contributed by atoms with Crippen molar-refractivity contribution in [3.63, 3.8) is 0 Å². The van der Waals surface area contributed by atoms with Gasteiger partial charge in [-0.15, -0.1) is 0 Å². The number of carbonyl (C=O) groups excluding carboxylic acids is 2. The summed E-state index contributed by atoms with van der Waals surface area (Å²) in [5.74, 6) is 0.145. The first-order valence-electron chi connectivity index (χ1n) is 9.09. The van der Waals surface area contributed by atoms with E-state index in [1.165, 1.54) is 6.92 Å². The molecule has 26 heavy (non-hydrogen) atoms. The first-order chi connectivity index (χ1) is 12.5. The molecule has 4 heteroatoms. The normalized spacial score (nSPS) is 13.2. The fourth-order valence-electron chi connectivity index (χ4n) is 2.99. The number of rotatable bonds is 9. The van der Waals surface area contributed by atoms with Gasteiger partial charge in [0.2, 0.25) is 5.91 Å². The van der Waals surface area contributed by atoms with Crippen LogP contribution in [-0.2, 0) is 16.0 Å². The van der Waals surface area contributed by atoms with Crippen LogP contribution in [0.4, 0.5) is 0 Å². The van der Waals surface area contributed by atoms with Crippen LogP contribution in [0.25, 0.3) is 0 Å². The lowest BCUT2D eigenvalue weighted by molar-refractivity contribution is -0.126. The Morgan fingerprint density at radius 1 is 0.923 bits per heavy atom. The number of hydrogen-bond acceptors (Lipinski definition) is 3. The molecule has 0 fully saturated rings. The van der Waals surface area contributed by atoms with Crippen LogP contribution >= 0.6 is 0 Å². The van der Waals surface area contributed by atoms with Crippen LogP contribution in [0.3, 0.4) is 0 Å². The molecular formula is C22H28N2O2. The first-order valence-corrected chi connectivity index (χ1v) is 9.09. The number of carbonyl (C=O) groups is 2. The van der Waals surface area contributed by atoms with Crippen molar-refractivity contribution >= 4 is 11.7 Å². The average molecular weight is 352 g/mol. The van der Waals surface area contributed by atoms with E-state index >= 15 is 0 Å². The fourth-order valence-corrected chi connectivity index (χ4v) is 2.99. The SMILES string of the molecule is CC(=O)[C@H](Cc1ccccc1)NC(=O)CN[C@@H](c1ccccc1)C(C)C. The van der Waals surface area contributed by atoms with Gasteiger partial charge in [0, 0.05) is 6.04 Å². The van der Waals surface area contributed by atoms with Gasteiger partial charge >= 0.3 is 0 Å². The monoisotopic (exact) mass is 352 g/mol. The van der Waals surface area contributed by atoms with Gasteiger partial charge in [0.1, 0.15) is 0 Å². The predicted molar refractivity (Wildman–Crippen MR) is 105 cm³/mol. The second-order valence-electron chi connectivity index (χ2n) is 6.93. The van der Waals surface area contributed by atoms with Crippen LogP contribution in [-0.4, -0.2) is 24.3 Å². The molecule has 0 aliphatic heterocycles. The highest BCUT2D eigenvalue weighted by molar-refractivity contribution is 5.88. The first kappa shape index (κ1) is 19.9. The molecule has 0 saturated carbocycles. The van der Waals surface area contributed by atoms with Gasteiger partial charge in [-0.05, 0) is 30.4 Å². The van der Waals surface area contributed by atoms with Gasteiger partial charge in [-0.25, -0.2) is 0 Å². The molecule has 138 valence electrons. The van der Waals surface area contributed by atoms with Gasteiger partial charge in [0.15, 0.2) is 5.78 Å². The maximum absolute atomic E-state index is 12.4. The molecule has 0 unspecified atom stereocenters. The smallest absolute Gasteiger partial charge is 0.234 e. The molecule has 0 saturated heterocycles. The van der Waals surface area contributed by atoms with Crippen molar-refractivity contribution in [1.29, 1.82) is 0 Å². The van der Waals surface area contributed by atoms with Gasteiger partial charge < -0.3 is 10.6 Å². The summed E-state index contributed by atoms with van der Waals surface area (Å²) in [4.78, 5) is 24.3. The number of ketones is 1. The van der Waals surface area contributed by atoms with E-state index in [9.17, 15) is 9.59 Å². The van der Waals surface area contributed by atoms with Crippen molar-refractivity contribution < 1.29 is 9.59 Å². The molecule has 2 aromatic rings. The molecule has 0 heterocycles. The number of Topliss-reactive ketones (excluding diaryl/α,β-unsaturated/α-hetero) is 1. The van der Waals surface area contributed by atoms with Crippen molar-refractivity contribution in [2.45, 2.75) is 39.3 Å². The standard InChI is InChI=1S/C22H28N2O2/c1-16(2)22(19-12-8-5-9-13-19)23-15-21(26)24-20(17(3)25)14-18-10-6-4-7-11-18/h4-13,16,20,22-23H,14-15H2,1-3H3,(H,24,26)/t20-,22+/m0/s1. The van der Waals surface area contributed by atoms with Gasteiger partial charge in [-0.3, -0.25) is 9.59 Å². The number of nitrogens with one attached hydrogen (secondary N) is 2. The summed E-state index contributed by atoms with van der Waals surface area (Å²) < 4.78 is 0. The minimum atomic E-state index is -0.499. The molecule has 2 aromatic carbocycles. The van der Waals surface area contributed by atoms with E-state index in [0.29, 0.717) is 12.3 Å². The summed E-state index contributed by atoms with van der Waals surface area (Å²) >= 11 is 0. The topological polar surface area (TPSA) is 58.2 Å². The fraction of sp³-hybridized carbons (Fsp3) is 0.364. The Kier molecular flexibility index (Phi) is 7.54. The highest BCUT2D eigenvalue weighted by atomic mass is 16.2. The zero-order chi connectivity index (χ0) is 18.9. The van der Waals surface area contributed by atoms with Gasteiger partial charge in [-0.2, -0.15) is 0 Å². The van der Waals surface area contributed by atoms with Crippen LogP contribution in [0.15, 0.2) is 60.7 Å². The van der Waals surface area contributed by atoms with Crippen LogP contribution in [0.1, 0.15) is 37.9 Å². The van der Waals surface area contributed by atoms with Crippen LogP contribution in [0, 0.1) is 5.92 Å². The molecule has 0 aliphatic carbocycles. The third-order valence-electron chi connectivity index (χ3n) is 4.42. The Hall–Kier alpha value is -2.46. The molecule has 2 N–H and O–H groups in total. The molecule has 1 amide bonds. The summed E-state index contributed by atoms with van der Waals surface area (Å²) in [6.07, 6.45) is 0.508. The Labute approximate surface area is 156 Å². The van der Waals surface area contributed by atoms with Gasteiger partial charge in [-0.1, -0.05) is 74.5 Å². The zero-order valence-corrected chi connectivity index (χ0v) is 15.7. The minimum absolute atomic E-state index is 0.0364. The molecule has 0 radical (unpaired) electrons. The van der Waals surface area contributed by atoms with Crippen molar-refractivity contribution in [1.82, 2.24) is 10.6 Å². The van der Waals surface area contributed by atoms with Crippen LogP contribution < -0.4 is 10.6 Å². The molecule has 0 aliphatic rings. The molecule has 0 aromatic heterocycles. The summed E-state index contributed by atoms with van der Waals surface area (Å²) in [6.45, 7) is 5.94. The number of benzene rings is 2. The highest BCUT2D eigenvalue weighted by Gasteiger charge is 2.20. The summed E-state index contributed by atoms with van der Waals surface area (Å²) in [5.41, 5.74) is 2.19. The zero-order valence-electron chi connectivity index (χ0n) is 15.7. The Balaban J connectivity index is 1.93. The second-order valence-corrected chi connectivity index (χ2v) is 6.93. The largest absolute Gasteiger partial charge is 0.345 e. The Bertz CT molecular complexity index is 699. The van der Waals surface area contributed by atoms with Crippen LogP contribution in [0.2, 0.25) is 0 Å². The van der Waals surface area contributed by atoms with E-state index in [1.807, 2.05) is 48.5 Å². The van der Waals surface area contributed by atoms with Gasteiger partial charge in [0.05, 0.1) is 12.6 Å². The average Bonchev–Trinajstić information content (AvgIpc) is 2.62. The maximum Gasteiger partial charge on any atom is 0.234 e. The molecule has 4 nitrogen and oxygen atoms in total. The van der Waals surface area contributed by atoms with E-state index in [-0.39, 0.29) is 24.3 Å². The van der Waals surface area contributed by atoms with Crippen LogP contribution in [0.5, 0.6) is 0 Å². The Morgan fingerprint density at radius 2 is 1.50 bits per heavy atom. The van der Waals surface area contributed by atoms with E-state index in [1.54, 1.807) is 0 Å². The minimum Gasteiger partial charge on any atom is -0.345 e. The van der Waals surface area contributed by atoms with Crippen molar-refractivity contribution in [2.75, 3.05) is 6.54 Å². The molecule has 2 rings (SSSR count). The quantitative estimate of drug-likeness (QED) is 0.728. The maximum atomic E-state index is 12.4. The van der Waals surface area contributed by atoms with Crippen molar-refractivity contribution in [2.24, 2.45) is 5.92 Å². The van der Waals surface area contributed by atoms with E-state index < -0.39 is 6.04 Å². The molecule has 2 atom stereocenters. The third kappa shape index (κ3) is 6.12. The lowest BCUT2D eigenvalue weighted by atomic mass is 9.96. The highest BCUT2D eigenvalue weighted by Crippen LogP contribution is 2.20. The molecule has 0 bridgehead atoms. The summed E-state index contributed by atoms with van der Waals surface area (Å²) in [5, 5.41) is 6.18. The van der Waals surface area contributed by atoms with E-state index in [0.717, 1.165) is 11.1 Å². The summed E-state index contributed by atoms with van der Waals surface area (Å²) in [7, 11) is 0. The second kappa shape index (κ2) is 9.88. The lowest BCUT2D eigenvalue weighted by Gasteiger charge is -2.23. The molecule has 0 spiro atoms. The van der Waals surface area contributed by atoms with E-state index in [4.69, 9.17) is 0 Å². The van der Waals surface area contributed by atoms with Crippen molar-refractivity contribution in [3.8, 4) is 0 Å². The van der Waals surface area contributed by atoms with E-state index in [2.05, 4.69) is 36.6 Å². The third-order valence-corrected chi connectivity index (χ3v) is 4.42. The number of amides is 1. The Morgan fingerprint density at radius 3 is 2.04 bits per heavy atom.